The van der Waals surface area contributed by atoms with Crippen molar-refractivity contribution in [2.75, 3.05) is 20.7 Å². The van der Waals surface area contributed by atoms with Crippen molar-refractivity contribution in [3.63, 3.8) is 0 Å². The number of benzene rings is 1. The van der Waals surface area contributed by atoms with E-state index in [0.717, 1.165) is 24.8 Å². The quantitative estimate of drug-likeness (QED) is 0.411. The minimum absolute atomic E-state index is 0.143. The Hall–Kier alpha value is -2.63. The van der Waals surface area contributed by atoms with Gasteiger partial charge in [-0.25, -0.2) is 0 Å². The normalized spacial score (nSPS) is 10.4. The Bertz CT molecular complexity index is 579. The van der Waals surface area contributed by atoms with E-state index in [-0.39, 0.29) is 17.8 Å². The van der Waals surface area contributed by atoms with E-state index in [1.807, 2.05) is 0 Å². The summed E-state index contributed by atoms with van der Waals surface area (Å²) in [7, 11) is 2.96. The van der Waals surface area contributed by atoms with Gasteiger partial charge in [-0.3, -0.25) is 14.4 Å². The van der Waals surface area contributed by atoms with Crippen molar-refractivity contribution in [1.82, 2.24) is 10.6 Å². The summed E-state index contributed by atoms with van der Waals surface area (Å²) in [6.07, 6.45) is 6.01. The number of hydrogen-bond acceptors (Lipinski definition) is 4. The molecule has 1 rings (SSSR count). The summed E-state index contributed by atoms with van der Waals surface area (Å²) in [6, 6.07) is 6.97. The fraction of sp³-hybridized carbons (Fsp3) is 0.389. The molecule has 0 heterocycles. The summed E-state index contributed by atoms with van der Waals surface area (Å²) in [6.45, 7) is 0.569. The van der Waals surface area contributed by atoms with E-state index in [9.17, 15) is 14.4 Å². The third-order valence-electron chi connectivity index (χ3n) is 3.41. The van der Waals surface area contributed by atoms with Gasteiger partial charge in [0.25, 0.3) is 5.91 Å². The van der Waals surface area contributed by atoms with Gasteiger partial charge in [0, 0.05) is 31.7 Å². The van der Waals surface area contributed by atoms with E-state index in [0.29, 0.717) is 18.5 Å². The van der Waals surface area contributed by atoms with Crippen LogP contribution in [0.5, 0.6) is 0 Å². The van der Waals surface area contributed by atoms with Crippen molar-refractivity contribution >= 4 is 23.9 Å². The fourth-order valence-corrected chi connectivity index (χ4v) is 2.01. The maximum atomic E-state index is 11.7. The van der Waals surface area contributed by atoms with Gasteiger partial charge in [-0.15, -0.1) is 0 Å². The van der Waals surface area contributed by atoms with Gasteiger partial charge >= 0.3 is 5.97 Å². The number of amides is 2. The summed E-state index contributed by atoms with van der Waals surface area (Å²) in [5.74, 6) is -0.516. The Morgan fingerprint density at radius 1 is 1.08 bits per heavy atom. The molecule has 0 aliphatic rings. The maximum Gasteiger partial charge on any atom is 0.305 e. The maximum absolute atomic E-state index is 11.7. The van der Waals surface area contributed by atoms with E-state index in [2.05, 4.69) is 15.4 Å². The number of esters is 1. The highest BCUT2D eigenvalue weighted by Gasteiger charge is 2.02. The number of ether oxygens (including phenoxy) is 1. The molecule has 2 N–H and O–H groups in total. The SMILES string of the molecule is CNC(=O)c1ccc(/C=C/C(=O)NCCCCCC(=O)OC)cc1. The second-order valence-corrected chi connectivity index (χ2v) is 5.21. The molecule has 24 heavy (non-hydrogen) atoms. The molecule has 130 valence electrons. The zero-order chi connectivity index (χ0) is 17.8. The zero-order valence-electron chi connectivity index (χ0n) is 14.1. The van der Waals surface area contributed by atoms with Gasteiger partial charge in [-0.1, -0.05) is 18.6 Å². The summed E-state index contributed by atoms with van der Waals surface area (Å²) < 4.78 is 4.56. The molecule has 0 aromatic heterocycles. The molecule has 6 heteroatoms. The highest BCUT2D eigenvalue weighted by molar-refractivity contribution is 5.94. The van der Waals surface area contributed by atoms with E-state index in [4.69, 9.17) is 0 Å². The molecule has 0 unspecified atom stereocenters. The molecular weight excluding hydrogens is 308 g/mol. The van der Waals surface area contributed by atoms with Crippen LogP contribution in [0.2, 0.25) is 0 Å². The molecule has 0 spiro atoms. The third kappa shape index (κ3) is 7.58. The molecule has 0 radical (unpaired) electrons. The topological polar surface area (TPSA) is 84.5 Å². The Morgan fingerprint density at radius 2 is 1.79 bits per heavy atom. The number of carbonyl (C=O) groups excluding carboxylic acids is 3. The molecule has 1 aromatic carbocycles. The third-order valence-corrected chi connectivity index (χ3v) is 3.41. The average Bonchev–Trinajstić information content (AvgIpc) is 2.62. The number of carbonyl (C=O) groups is 3. The van der Waals surface area contributed by atoms with Crippen LogP contribution in [0.1, 0.15) is 41.6 Å². The van der Waals surface area contributed by atoms with Crippen molar-refractivity contribution in [3.05, 3.63) is 41.5 Å². The van der Waals surface area contributed by atoms with E-state index >= 15 is 0 Å². The molecule has 0 aliphatic carbocycles. The Balaban J connectivity index is 2.26. The first-order valence-electron chi connectivity index (χ1n) is 7.91. The van der Waals surface area contributed by atoms with Gasteiger partial charge in [-0.2, -0.15) is 0 Å². The van der Waals surface area contributed by atoms with Gasteiger partial charge in [0.05, 0.1) is 7.11 Å². The molecule has 0 bridgehead atoms. The van der Waals surface area contributed by atoms with Gasteiger partial charge < -0.3 is 15.4 Å². The van der Waals surface area contributed by atoms with Crippen LogP contribution < -0.4 is 10.6 Å². The van der Waals surface area contributed by atoms with Crippen LogP contribution >= 0.6 is 0 Å². The van der Waals surface area contributed by atoms with Crippen LogP contribution in [0.25, 0.3) is 6.08 Å². The van der Waals surface area contributed by atoms with Crippen LogP contribution in [0.3, 0.4) is 0 Å². The van der Waals surface area contributed by atoms with Crippen molar-refractivity contribution in [2.24, 2.45) is 0 Å². The highest BCUT2D eigenvalue weighted by Crippen LogP contribution is 2.06. The Kier molecular flexibility index (Phi) is 8.89. The van der Waals surface area contributed by atoms with Crippen molar-refractivity contribution < 1.29 is 19.1 Å². The lowest BCUT2D eigenvalue weighted by molar-refractivity contribution is -0.140. The summed E-state index contributed by atoms with van der Waals surface area (Å²) >= 11 is 0. The lowest BCUT2D eigenvalue weighted by Gasteiger charge is -2.02. The lowest BCUT2D eigenvalue weighted by atomic mass is 10.1. The predicted octanol–water partition coefficient (Wildman–Crippen LogP) is 1.91. The first kappa shape index (κ1) is 19.4. The van der Waals surface area contributed by atoms with Gasteiger partial charge in [0.15, 0.2) is 0 Å². The smallest absolute Gasteiger partial charge is 0.305 e. The molecule has 0 atom stereocenters. The molecule has 0 fully saturated rings. The predicted molar refractivity (Wildman–Crippen MR) is 92.4 cm³/mol. The average molecular weight is 332 g/mol. The van der Waals surface area contributed by atoms with Gasteiger partial charge in [0.1, 0.15) is 0 Å². The van der Waals surface area contributed by atoms with Crippen LogP contribution in [0.15, 0.2) is 30.3 Å². The van der Waals surface area contributed by atoms with Crippen LogP contribution in [0.4, 0.5) is 0 Å². The second-order valence-electron chi connectivity index (χ2n) is 5.21. The minimum Gasteiger partial charge on any atom is -0.469 e. The number of unbranched alkanes of at least 4 members (excludes halogenated alkanes) is 2. The molecular formula is C18H24N2O4. The Labute approximate surface area is 142 Å². The second kappa shape index (κ2) is 11.0. The summed E-state index contributed by atoms with van der Waals surface area (Å²) in [5.41, 5.74) is 1.42. The van der Waals surface area contributed by atoms with E-state index in [1.165, 1.54) is 13.2 Å². The first-order chi connectivity index (χ1) is 11.6. The fourth-order valence-electron chi connectivity index (χ4n) is 2.01. The van der Waals surface area contributed by atoms with Crippen molar-refractivity contribution in [2.45, 2.75) is 25.7 Å². The molecule has 1 aromatic rings. The van der Waals surface area contributed by atoms with E-state index < -0.39 is 0 Å². The molecule has 0 saturated carbocycles. The molecule has 2 amide bonds. The zero-order valence-corrected chi connectivity index (χ0v) is 14.1. The number of methoxy groups -OCH3 is 1. The van der Waals surface area contributed by atoms with Crippen LogP contribution in [-0.4, -0.2) is 38.5 Å². The van der Waals surface area contributed by atoms with Crippen molar-refractivity contribution in [1.29, 1.82) is 0 Å². The van der Waals surface area contributed by atoms with Crippen molar-refractivity contribution in [3.8, 4) is 0 Å². The minimum atomic E-state index is -0.204. The molecule has 0 aliphatic heterocycles. The Morgan fingerprint density at radius 3 is 2.42 bits per heavy atom. The molecule has 6 nitrogen and oxygen atoms in total. The van der Waals surface area contributed by atoms with Gasteiger partial charge in [0.2, 0.25) is 5.91 Å². The number of hydrogen-bond donors (Lipinski definition) is 2. The molecule has 0 saturated heterocycles. The highest BCUT2D eigenvalue weighted by atomic mass is 16.5. The van der Waals surface area contributed by atoms with Crippen LogP contribution in [0, 0.1) is 0 Å². The standard InChI is InChI=1S/C18H24N2O4/c1-19-18(23)15-10-7-14(8-11-15)9-12-16(21)20-13-5-3-4-6-17(22)24-2/h7-12H,3-6,13H2,1-2H3,(H,19,23)(H,20,21)/b12-9+. The summed E-state index contributed by atoms with van der Waals surface area (Å²) in [5, 5.41) is 5.34. The van der Waals surface area contributed by atoms with E-state index in [1.54, 1.807) is 37.4 Å². The summed E-state index contributed by atoms with van der Waals surface area (Å²) in [4.78, 5) is 34.0. The first-order valence-corrected chi connectivity index (χ1v) is 7.91. The van der Waals surface area contributed by atoms with Gasteiger partial charge in [-0.05, 0) is 36.6 Å². The monoisotopic (exact) mass is 332 g/mol. The number of nitrogens with one attached hydrogen (secondary N) is 2. The lowest BCUT2D eigenvalue weighted by Crippen LogP contribution is -2.22. The largest absolute Gasteiger partial charge is 0.469 e. The number of rotatable bonds is 9. The van der Waals surface area contributed by atoms with Crippen LogP contribution in [-0.2, 0) is 14.3 Å².